The van der Waals surface area contributed by atoms with Crippen LogP contribution in [0.4, 0.5) is 0 Å². The summed E-state index contributed by atoms with van der Waals surface area (Å²) in [6, 6.07) is 8.63. The van der Waals surface area contributed by atoms with Gasteiger partial charge >= 0.3 is 0 Å². The van der Waals surface area contributed by atoms with Crippen molar-refractivity contribution in [2.24, 2.45) is 4.99 Å². The molecule has 2 fully saturated rings. The first kappa shape index (κ1) is 24.8. The van der Waals surface area contributed by atoms with E-state index in [-0.39, 0.29) is 6.04 Å². The van der Waals surface area contributed by atoms with E-state index in [2.05, 4.69) is 39.5 Å². The van der Waals surface area contributed by atoms with E-state index < -0.39 is 5.60 Å². The highest BCUT2D eigenvalue weighted by Gasteiger charge is 2.26. The molecule has 8 nitrogen and oxygen atoms in total. The standard InChI is InChI=1S/C24H41N5O3/c1-4-25-23(27-18-24(2,30)19-28-13-15-32-16-14-28)26-17-22(29-11-5-6-12-29)20-7-9-21(31-3)10-8-20/h7-10,22,30H,4-6,11-19H2,1-3H3,(H2,25,26,27). The lowest BCUT2D eigenvalue weighted by atomic mass is 10.1. The predicted molar refractivity (Wildman–Crippen MR) is 128 cm³/mol. The molecule has 2 saturated heterocycles. The van der Waals surface area contributed by atoms with Gasteiger partial charge in [-0.1, -0.05) is 12.1 Å². The van der Waals surface area contributed by atoms with Gasteiger partial charge in [-0.15, -0.1) is 0 Å². The number of likely N-dealkylation sites (tertiary alicyclic amines) is 1. The van der Waals surface area contributed by atoms with Crippen LogP contribution in [0.25, 0.3) is 0 Å². The van der Waals surface area contributed by atoms with E-state index in [1.54, 1.807) is 7.11 Å². The molecule has 8 heteroatoms. The van der Waals surface area contributed by atoms with Crippen molar-refractivity contribution in [3.8, 4) is 5.75 Å². The van der Waals surface area contributed by atoms with E-state index >= 15 is 0 Å². The van der Waals surface area contributed by atoms with Gasteiger partial charge in [0.05, 0.1) is 38.5 Å². The van der Waals surface area contributed by atoms with E-state index in [0.29, 0.717) is 13.1 Å². The number of rotatable bonds is 10. The van der Waals surface area contributed by atoms with Crippen molar-refractivity contribution < 1.29 is 14.6 Å². The van der Waals surface area contributed by atoms with Crippen LogP contribution in [0.1, 0.15) is 38.3 Å². The van der Waals surface area contributed by atoms with Gasteiger partial charge < -0.3 is 25.2 Å². The number of benzene rings is 1. The number of nitrogens with one attached hydrogen (secondary N) is 2. The van der Waals surface area contributed by atoms with Crippen LogP contribution in [-0.2, 0) is 4.74 Å². The number of ether oxygens (including phenoxy) is 2. The average molecular weight is 448 g/mol. The maximum Gasteiger partial charge on any atom is 0.191 e. The fraction of sp³-hybridized carbons (Fsp3) is 0.708. The fourth-order valence-electron chi connectivity index (χ4n) is 4.41. The maximum absolute atomic E-state index is 10.9. The van der Waals surface area contributed by atoms with Crippen LogP contribution in [0.5, 0.6) is 5.75 Å². The van der Waals surface area contributed by atoms with Gasteiger partial charge in [0.1, 0.15) is 5.75 Å². The quantitative estimate of drug-likeness (QED) is 0.370. The van der Waals surface area contributed by atoms with E-state index in [4.69, 9.17) is 14.5 Å². The van der Waals surface area contributed by atoms with Crippen molar-refractivity contribution in [2.45, 2.75) is 38.3 Å². The Bertz CT molecular complexity index is 698. The molecule has 0 aliphatic carbocycles. The summed E-state index contributed by atoms with van der Waals surface area (Å²) < 4.78 is 10.7. The number of aliphatic imine (C=N–C) groups is 1. The number of nitrogens with zero attached hydrogens (tertiary/aromatic N) is 3. The Labute approximate surface area is 193 Å². The largest absolute Gasteiger partial charge is 0.497 e. The molecule has 0 saturated carbocycles. The minimum Gasteiger partial charge on any atom is -0.497 e. The third kappa shape index (κ3) is 7.62. The lowest BCUT2D eigenvalue weighted by Gasteiger charge is -2.33. The van der Waals surface area contributed by atoms with Gasteiger partial charge in [-0.3, -0.25) is 14.8 Å². The normalized spacial score (nSPS) is 21.2. The van der Waals surface area contributed by atoms with Crippen molar-refractivity contribution >= 4 is 5.96 Å². The lowest BCUT2D eigenvalue weighted by molar-refractivity contribution is -0.0180. The molecule has 32 heavy (non-hydrogen) atoms. The van der Waals surface area contributed by atoms with Crippen LogP contribution in [0.3, 0.4) is 0 Å². The molecule has 0 aromatic heterocycles. The highest BCUT2D eigenvalue weighted by Crippen LogP contribution is 2.26. The summed E-state index contributed by atoms with van der Waals surface area (Å²) in [6.45, 7) is 11.8. The topological polar surface area (TPSA) is 81.6 Å². The Balaban J connectivity index is 1.62. The summed E-state index contributed by atoms with van der Waals surface area (Å²) in [5, 5.41) is 17.7. The molecule has 2 heterocycles. The van der Waals surface area contributed by atoms with Gasteiger partial charge in [0.25, 0.3) is 0 Å². The predicted octanol–water partition coefficient (Wildman–Crippen LogP) is 1.47. The summed E-state index contributed by atoms with van der Waals surface area (Å²) in [7, 11) is 1.70. The summed E-state index contributed by atoms with van der Waals surface area (Å²) in [4.78, 5) is 9.50. The van der Waals surface area contributed by atoms with Gasteiger partial charge in [0.2, 0.25) is 0 Å². The summed E-state index contributed by atoms with van der Waals surface area (Å²) in [6.07, 6.45) is 2.48. The SMILES string of the molecule is CCNC(=NCC(C)(O)CN1CCOCC1)NCC(c1ccc(OC)cc1)N1CCCC1. The molecule has 2 unspecified atom stereocenters. The highest BCUT2D eigenvalue weighted by atomic mass is 16.5. The molecule has 2 aliphatic heterocycles. The maximum atomic E-state index is 10.9. The minimum absolute atomic E-state index is 0.265. The number of hydrogen-bond acceptors (Lipinski definition) is 6. The second kappa shape index (κ2) is 12.4. The smallest absolute Gasteiger partial charge is 0.191 e. The molecule has 0 amide bonds. The molecule has 2 atom stereocenters. The van der Waals surface area contributed by atoms with Crippen LogP contribution in [0.2, 0.25) is 0 Å². The molecule has 3 N–H and O–H groups in total. The summed E-state index contributed by atoms with van der Waals surface area (Å²) in [5.41, 5.74) is 0.389. The van der Waals surface area contributed by atoms with Gasteiger partial charge in [-0.05, 0) is 57.5 Å². The van der Waals surface area contributed by atoms with E-state index in [1.165, 1.54) is 18.4 Å². The first-order valence-corrected chi connectivity index (χ1v) is 11.9. The van der Waals surface area contributed by atoms with Gasteiger partial charge in [0.15, 0.2) is 5.96 Å². The number of morpholine rings is 1. The van der Waals surface area contributed by atoms with Crippen LogP contribution in [0.15, 0.2) is 29.3 Å². The molecule has 1 aromatic rings. The van der Waals surface area contributed by atoms with Crippen molar-refractivity contribution in [1.82, 2.24) is 20.4 Å². The van der Waals surface area contributed by atoms with Crippen LogP contribution in [0, 0.1) is 0 Å². The lowest BCUT2D eigenvalue weighted by Crippen LogP contribution is -2.48. The van der Waals surface area contributed by atoms with E-state index in [0.717, 1.165) is 64.2 Å². The molecule has 1 aromatic carbocycles. The fourth-order valence-corrected chi connectivity index (χ4v) is 4.41. The zero-order chi connectivity index (χ0) is 22.8. The van der Waals surface area contributed by atoms with Crippen LogP contribution in [-0.4, -0.2) is 99.1 Å². The first-order valence-electron chi connectivity index (χ1n) is 11.9. The van der Waals surface area contributed by atoms with Gasteiger partial charge in [-0.2, -0.15) is 0 Å². The minimum atomic E-state index is -0.885. The third-order valence-corrected chi connectivity index (χ3v) is 6.13. The number of β-amino-alcohol motifs (C(OH)–C–C–N with tert-alkyl or cyclic N) is 1. The molecular weight excluding hydrogens is 406 g/mol. The van der Waals surface area contributed by atoms with Crippen molar-refractivity contribution in [2.75, 3.05) is 72.7 Å². The summed E-state index contributed by atoms with van der Waals surface area (Å²) >= 11 is 0. The zero-order valence-electron chi connectivity index (χ0n) is 20.0. The van der Waals surface area contributed by atoms with Crippen molar-refractivity contribution in [1.29, 1.82) is 0 Å². The number of guanidine groups is 1. The second-order valence-corrected chi connectivity index (χ2v) is 8.99. The van der Waals surface area contributed by atoms with E-state index in [1.807, 2.05) is 19.1 Å². The molecule has 2 aliphatic rings. The number of aliphatic hydroxyl groups is 1. The Kier molecular flexibility index (Phi) is 9.59. The van der Waals surface area contributed by atoms with Crippen LogP contribution >= 0.6 is 0 Å². The molecule has 180 valence electrons. The number of methoxy groups -OCH3 is 1. The van der Waals surface area contributed by atoms with E-state index in [9.17, 15) is 5.11 Å². The Morgan fingerprint density at radius 2 is 1.84 bits per heavy atom. The van der Waals surface area contributed by atoms with Gasteiger partial charge in [-0.25, -0.2) is 0 Å². The molecular formula is C24H41N5O3. The molecule has 0 radical (unpaired) electrons. The zero-order valence-corrected chi connectivity index (χ0v) is 20.0. The Morgan fingerprint density at radius 1 is 1.16 bits per heavy atom. The molecule has 0 spiro atoms. The molecule has 3 rings (SSSR count). The monoisotopic (exact) mass is 447 g/mol. The van der Waals surface area contributed by atoms with Crippen molar-refractivity contribution in [3.05, 3.63) is 29.8 Å². The van der Waals surface area contributed by atoms with Crippen LogP contribution < -0.4 is 15.4 Å². The summed E-state index contributed by atoms with van der Waals surface area (Å²) in [5.74, 6) is 1.62. The Morgan fingerprint density at radius 3 is 2.47 bits per heavy atom. The highest BCUT2D eigenvalue weighted by molar-refractivity contribution is 5.79. The van der Waals surface area contributed by atoms with Gasteiger partial charge in [0, 0.05) is 32.7 Å². The second-order valence-electron chi connectivity index (χ2n) is 8.99. The average Bonchev–Trinajstić information content (AvgIpc) is 3.33. The first-order chi connectivity index (χ1) is 15.5. The Hall–Kier alpha value is -1.87. The third-order valence-electron chi connectivity index (χ3n) is 6.13. The molecule has 0 bridgehead atoms. The van der Waals surface area contributed by atoms with Crippen molar-refractivity contribution in [3.63, 3.8) is 0 Å². The number of hydrogen-bond donors (Lipinski definition) is 3.